The molecule has 2 heterocycles. The van der Waals surface area contributed by atoms with Gasteiger partial charge in [-0.25, -0.2) is 0 Å². The van der Waals surface area contributed by atoms with Crippen molar-refractivity contribution in [3.63, 3.8) is 0 Å². The Morgan fingerprint density at radius 2 is 1.89 bits per heavy atom. The van der Waals surface area contributed by atoms with Gasteiger partial charge in [-0.3, -0.25) is 24.2 Å². The fraction of sp³-hybridized carbons (Fsp3) is 0.250. The van der Waals surface area contributed by atoms with E-state index in [-0.39, 0.29) is 24.1 Å². The molecule has 6 nitrogen and oxygen atoms in total. The van der Waals surface area contributed by atoms with Gasteiger partial charge in [0, 0.05) is 11.3 Å². The minimum atomic E-state index is -1.20. The summed E-state index contributed by atoms with van der Waals surface area (Å²) >= 11 is 1.29. The van der Waals surface area contributed by atoms with Crippen molar-refractivity contribution in [1.82, 2.24) is 0 Å². The Kier molecular flexibility index (Phi) is 3.99. The van der Waals surface area contributed by atoms with Crippen molar-refractivity contribution < 1.29 is 14.4 Å². The van der Waals surface area contributed by atoms with Crippen molar-refractivity contribution in [3.8, 4) is 0 Å². The SMILES string of the molecule is Cc1ccc(N2C(=O)CS[C@@]23C(=O)N(CC(N)=O)c2ccccc23)cc1C. The highest BCUT2D eigenvalue weighted by molar-refractivity contribution is 8.02. The summed E-state index contributed by atoms with van der Waals surface area (Å²) in [5.41, 5.74) is 9.54. The monoisotopic (exact) mass is 381 g/mol. The van der Waals surface area contributed by atoms with E-state index in [1.165, 1.54) is 16.7 Å². The lowest BCUT2D eigenvalue weighted by atomic mass is 10.0. The summed E-state index contributed by atoms with van der Waals surface area (Å²) in [5.74, 6) is -0.844. The van der Waals surface area contributed by atoms with Crippen molar-refractivity contribution in [2.24, 2.45) is 5.73 Å². The van der Waals surface area contributed by atoms with Gasteiger partial charge in [-0.1, -0.05) is 24.3 Å². The second-order valence-electron chi connectivity index (χ2n) is 6.81. The number of para-hydroxylation sites is 1. The first kappa shape index (κ1) is 17.6. The van der Waals surface area contributed by atoms with E-state index in [0.717, 1.165) is 11.1 Å². The highest BCUT2D eigenvalue weighted by Crippen LogP contribution is 2.55. The topological polar surface area (TPSA) is 83.7 Å². The first-order chi connectivity index (χ1) is 12.9. The maximum absolute atomic E-state index is 13.5. The van der Waals surface area contributed by atoms with Gasteiger partial charge in [-0.2, -0.15) is 0 Å². The summed E-state index contributed by atoms with van der Waals surface area (Å²) in [7, 11) is 0. The number of hydrogen-bond acceptors (Lipinski definition) is 4. The number of aryl methyl sites for hydroxylation is 2. The zero-order valence-corrected chi connectivity index (χ0v) is 15.9. The average Bonchev–Trinajstić information content (AvgIpc) is 3.09. The van der Waals surface area contributed by atoms with Crippen LogP contribution in [0.2, 0.25) is 0 Å². The number of primary amides is 1. The number of nitrogens with zero attached hydrogens (tertiary/aromatic N) is 2. The number of carbonyl (C=O) groups excluding carboxylic acids is 3. The summed E-state index contributed by atoms with van der Waals surface area (Å²) in [6.45, 7) is 3.76. The molecule has 0 aliphatic carbocycles. The number of carbonyl (C=O) groups is 3. The molecule has 138 valence electrons. The molecule has 7 heteroatoms. The summed E-state index contributed by atoms with van der Waals surface area (Å²) < 4.78 is 0. The van der Waals surface area contributed by atoms with Crippen molar-refractivity contribution in [1.29, 1.82) is 0 Å². The third-order valence-corrected chi connectivity index (χ3v) is 6.51. The Morgan fingerprint density at radius 3 is 2.59 bits per heavy atom. The van der Waals surface area contributed by atoms with E-state index < -0.39 is 10.8 Å². The Labute approximate surface area is 161 Å². The lowest BCUT2D eigenvalue weighted by Crippen LogP contribution is -2.51. The van der Waals surface area contributed by atoms with Gasteiger partial charge >= 0.3 is 0 Å². The Morgan fingerprint density at radius 1 is 1.15 bits per heavy atom. The molecule has 2 aromatic rings. The molecule has 0 saturated carbocycles. The third-order valence-electron chi connectivity index (χ3n) is 5.13. The lowest BCUT2D eigenvalue weighted by Gasteiger charge is -2.33. The van der Waals surface area contributed by atoms with Crippen molar-refractivity contribution in [3.05, 3.63) is 59.2 Å². The maximum atomic E-state index is 13.5. The summed E-state index contributed by atoms with van der Waals surface area (Å²) in [4.78, 5) is 39.7. The van der Waals surface area contributed by atoms with E-state index in [1.54, 1.807) is 17.0 Å². The first-order valence-electron chi connectivity index (χ1n) is 8.60. The van der Waals surface area contributed by atoms with Crippen LogP contribution >= 0.6 is 11.8 Å². The number of benzene rings is 2. The molecule has 1 fully saturated rings. The molecule has 0 radical (unpaired) electrons. The van der Waals surface area contributed by atoms with E-state index in [0.29, 0.717) is 16.9 Å². The molecular formula is C20H19N3O3S. The molecule has 2 aliphatic rings. The average molecular weight is 381 g/mol. The quantitative estimate of drug-likeness (QED) is 0.882. The van der Waals surface area contributed by atoms with Gasteiger partial charge in [0.25, 0.3) is 5.91 Å². The van der Waals surface area contributed by atoms with Gasteiger partial charge in [0.15, 0.2) is 0 Å². The van der Waals surface area contributed by atoms with Crippen molar-refractivity contribution >= 4 is 40.9 Å². The zero-order chi connectivity index (χ0) is 19.3. The standard InChI is InChI=1S/C20H19N3O3S/c1-12-7-8-14(9-13(12)2)23-18(25)11-27-20(23)15-5-3-4-6-16(15)22(19(20)26)10-17(21)24/h3-9H,10-11H2,1-2H3,(H2,21,24)/t20-/m0/s1. The van der Waals surface area contributed by atoms with Gasteiger partial charge in [-0.15, -0.1) is 11.8 Å². The van der Waals surface area contributed by atoms with Crippen LogP contribution in [0.4, 0.5) is 11.4 Å². The Hall–Kier alpha value is -2.80. The highest BCUT2D eigenvalue weighted by Gasteiger charge is 2.61. The predicted octanol–water partition coefficient (Wildman–Crippen LogP) is 2.07. The summed E-state index contributed by atoms with van der Waals surface area (Å²) in [5, 5.41) is 0. The second kappa shape index (κ2) is 6.13. The van der Waals surface area contributed by atoms with Crippen LogP contribution in [0.25, 0.3) is 0 Å². The van der Waals surface area contributed by atoms with Crippen molar-refractivity contribution in [2.45, 2.75) is 18.7 Å². The van der Waals surface area contributed by atoms with E-state index in [2.05, 4.69) is 0 Å². The van der Waals surface area contributed by atoms with Gasteiger partial charge < -0.3 is 5.73 Å². The molecule has 0 aromatic heterocycles. The van der Waals surface area contributed by atoms with Crippen LogP contribution in [0.1, 0.15) is 16.7 Å². The van der Waals surface area contributed by atoms with Crippen LogP contribution in [-0.4, -0.2) is 30.0 Å². The minimum absolute atomic E-state index is 0.132. The molecule has 2 N–H and O–H groups in total. The molecule has 0 unspecified atom stereocenters. The minimum Gasteiger partial charge on any atom is -0.368 e. The van der Waals surface area contributed by atoms with E-state index in [1.807, 2.05) is 44.2 Å². The first-order valence-corrected chi connectivity index (χ1v) is 9.59. The Bertz CT molecular complexity index is 990. The van der Waals surface area contributed by atoms with Gasteiger partial charge in [-0.05, 0) is 43.2 Å². The summed E-state index contributed by atoms with van der Waals surface area (Å²) in [6, 6.07) is 13.0. The van der Waals surface area contributed by atoms with Crippen LogP contribution in [0.15, 0.2) is 42.5 Å². The number of amides is 3. The molecule has 27 heavy (non-hydrogen) atoms. The van der Waals surface area contributed by atoms with E-state index >= 15 is 0 Å². The molecular weight excluding hydrogens is 362 g/mol. The van der Waals surface area contributed by atoms with E-state index in [4.69, 9.17) is 5.73 Å². The third kappa shape index (κ3) is 2.45. The second-order valence-corrected chi connectivity index (χ2v) is 7.97. The molecule has 2 aromatic carbocycles. The fourth-order valence-corrected chi connectivity index (χ4v) is 5.09. The molecule has 3 amide bonds. The van der Waals surface area contributed by atoms with Crippen LogP contribution in [0.3, 0.4) is 0 Å². The van der Waals surface area contributed by atoms with Gasteiger partial charge in [0.1, 0.15) is 6.54 Å². The molecule has 1 atom stereocenters. The maximum Gasteiger partial charge on any atom is 0.269 e. The predicted molar refractivity (Wildman–Crippen MR) is 106 cm³/mol. The molecule has 2 aliphatic heterocycles. The zero-order valence-electron chi connectivity index (χ0n) is 15.1. The normalized spacial score (nSPS) is 21.3. The molecule has 4 rings (SSSR count). The molecule has 1 saturated heterocycles. The van der Waals surface area contributed by atoms with Crippen LogP contribution in [-0.2, 0) is 19.3 Å². The molecule has 1 spiro atoms. The summed E-state index contributed by atoms with van der Waals surface area (Å²) in [6.07, 6.45) is 0. The van der Waals surface area contributed by atoms with Crippen LogP contribution < -0.4 is 15.5 Å². The Balaban J connectivity index is 1.92. The lowest BCUT2D eigenvalue weighted by molar-refractivity contribution is -0.125. The number of anilines is 2. The number of hydrogen-bond donors (Lipinski definition) is 1. The number of nitrogens with two attached hydrogens (primary N) is 1. The number of thioether (sulfide) groups is 1. The highest BCUT2D eigenvalue weighted by atomic mass is 32.2. The number of rotatable bonds is 3. The van der Waals surface area contributed by atoms with Gasteiger partial charge in [0.2, 0.25) is 16.7 Å². The van der Waals surface area contributed by atoms with Crippen molar-refractivity contribution in [2.75, 3.05) is 22.1 Å². The van der Waals surface area contributed by atoms with Crippen LogP contribution in [0, 0.1) is 13.8 Å². The van der Waals surface area contributed by atoms with E-state index in [9.17, 15) is 14.4 Å². The van der Waals surface area contributed by atoms with Crippen LogP contribution in [0.5, 0.6) is 0 Å². The smallest absolute Gasteiger partial charge is 0.269 e. The van der Waals surface area contributed by atoms with Gasteiger partial charge in [0.05, 0.1) is 11.4 Å². The fourth-order valence-electron chi connectivity index (χ4n) is 3.73. The number of fused-ring (bicyclic) bond motifs is 2. The molecule has 0 bridgehead atoms. The largest absolute Gasteiger partial charge is 0.368 e.